The van der Waals surface area contributed by atoms with Crippen LogP contribution in [0.3, 0.4) is 0 Å². The number of carbonyl (C=O) groups is 2. The molecule has 3 N–H and O–H groups in total. The lowest BCUT2D eigenvalue weighted by molar-refractivity contribution is -0.130. The molecule has 1 saturated heterocycles. The van der Waals surface area contributed by atoms with Crippen molar-refractivity contribution in [3.63, 3.8) is 0 Å². The highest BCUT2D eigenvalue weighted by Gasteiger charge is 2.28. The second-order valence-corrected chi connectivity index (χ2v) is 2.81. The summed E-state index contributed by atoms with van der Waals surface area (Å²) in [5.74, 6) is -0.187. The third kappa shape index (κ3) is 1.73. The average molecular weight is 171 g/mol. The molecule has 0 radical (unpaired) electrons. The third-order valence-corrected chi connectivity index (χ3v) is 1.70. The fourth-order valence-electron chi connectivity index (χ4n) is 1.15. The number of nitrogens with one attached hydrogen (secondary N) is 1. The van der Waals surface area contributed by atoms with Gasteiger partial charge in [-0.1, -0.05) is 6.92 Å². The molecule has 1 unspecified atom stereocenters. The fraction of sp³-hybridized carbons (Fsp3) is 0.714. The van der Waals surface area contributed by atoms with Crippen LogP contribution >= 0.6 is 0 Å². The van der Waals surface area contributed by atoms with Gasteiger partial charge in [0.05, 0.1) is 12.6 Å². The van der Waals surface area contributed by atoms with Crippen LogP contribution in [0.15, 0.2) is 0 Å². The molecule has 0 spiro atoms. The Morgan fingerprint density at radius 3 is 2.83 bits per heavy atom. The van der Waals surface area contributed by atoms with Gasteiger partial charge in [0.15, 0.2) is 0 Å². The Balaban J connectivity index is 2.61. The number of amides is 3. The molecular weight excluding hydrogens is 158 g/mol. The topological polar surface area (TPSA) is 75.4 Å². The summed E-state index contributed by atoms with van der Waals surface area (Å²) in [4.78, 5) is 23.5. The van der Waals surface area contributed by atoms with E-state index in [0.29, 0.717) is 6.54 Å². The number of hydrogen-bond donors (Lipinski definition) is 2. The molecule has 1 aliphatic rings. The Labute approximate surface area is 70.9 Å². The zero-order valence-corrected chi connectivity index (χ0v) is 7.04. The first kappa shape index (κ1) is 8.99. The van der Waals surface area contributed by atoms with Gasteiger partial charge in [0, 0.05) is 6.54 Å². The summed E-state index contributed by atoms with van der Waals surface area (Å²) in [7, 11) is 0. The first-order valence-electron chi connectivity index (χ1n) is 4.01. The average Bonchev–Trinajstić information content (AvgIpc) is 1.96. The molecule has 0 aliphatic carbocycles. The Morgan fingerprint density at radius 1 is 1.67 bits per heavy atom. The van der Waals surface area contributed by atoms with Crippen molar-refractivity contribution in [3.8, 4) is 0 Å². The number of nitrogens with zero attached hydrogens (tertiary/aromatic N) is 1. The predicted octanol–water partition coefficient (Wildman–Crippen LogP) is -0.377. The third-order valence-electron chi connectivity index (χ3n) is 1.70. The van der Waals surface area contributed by atoms with Crippen molar-refractivity contribution in [3.05, 3.63) is 0 Å². The summed E-state index contributed by atoms with van der Waals surface area (Å²) < 4.78 is 0. The van der Waals surface area contributed by atoms with Crippen molar-refractivity contribution in [2.24, 2.45) is 5.73 Å². The van der Waals surface area contributed by atoms with E-state index < -0.39 is 6.17 Å². The van der Waals surface area contributed by atoms with Crippen molar-refractivity contribution in [2.45, 2.75) is 25.9 Å². The fourth-order valence-corrected chi connectivity index (χ4v) is 1.15. The van der Waals surface area contributed by atoms with Gasteiger partial charge in [0.25, 0.3) is 0 Å². The van der Waals surface area contributed by atoms with Crippen LogP contribution in [-0.2, 0) is 4.79 Å². The minimum absolute atomic E-state index is 0.187. The normalized spacial score (nSPS) is 24.2. The van der Waals surface area contributed by atoms with Crippen molar-refractivity contribution in [1.82, 2.24) is 10.2 Å². The van der Waals surface area contributed by atoms with Gasteiger partial charge in [0.2, 0.25) is 5.91 Å². The van der Waals surface area contributed by atoms with Crippen molar-refractivity contribution < 1.29 is 9.59 Å². The minimum atomic E-state index is -0.516. The molecule has 1 heterocycles. The molecule has 0 aromatic rings. The Bertz CT molecular complexity index is 187. The van der Waals surface area contributed by atoms with Crippen molar-refractivity contribution in [1.29, 1.82) is 0 Å². The zero-order chi connectivity index (χ0) is 9.14. The quantitative estimate of drug-likeness (QED) is 0.594. The summed E-state index contributed by atoms with van der Waals surface area (Å²) in [6, 6.07) is -0.374. The molecular formula is C7H13N3O2. The minimum Gasteiger partial charge on any atom is -0.322 e. The number of urea groups is 1. The number of imide groups is 1. The number of nitrogens with two attached hydrogens (primary N) is 1. The van der Waals surface area contributed by atoms with E-state index in [-0.39, 0.29) is 18.4 Å². The monoisotopic (exact) mass is 171 g/mol. The number of rotatable bonds is 2. The van der Waals surface area contributed by atoms with Crippen LogP contribution in [0.2, 0.25) is 0 Å². The molecule has 1 aliphatic heterocycles. The van der Waals surface area contributed by atoms with Crippen molar-refractivity contribution >= 4 is 11.9 Å². The molecule has 3 amide bonds. The van der Waals surface area contributed by atoms with Crippen LogP contribution in [0.5, 0.6) is 0 Å². The van der Waals surface area contributed by atoms with Crippen LogP contribution < -0.4 is 11.1 Å². The van der Waals surface area contributed by atoms with Gasteiger partial charge in [-0.3, -0.25) is 9.69 Å². The molecule has 0 bridgehead atoms. The second-order valence-electron chi connectivity index (χ2n) is 2.81. The smallest absolute Gasteiger partial charge is 0.322 e. The Morgan fingerprint density at radius 2 is 2.33 bits per heavy atom. The van der Waals surface area contributed by atoms with Crippen LogP contribution in [0.1, 0.15) is 19.8 Å². The maximum atomic E-state index is 11.2. The SMILES string of the molecule is CCCN1C(=O)CC(N)NC1=O. The van der Waals surface area contributed by atoms with E-state index in [1.165, 1.54) is 4.90 Å². The predicted molar refractivity (Wildman–Crippen MR) is 43.1 cm³/mol. The van der Waals surface area contributed by atoms with Crippen LogP contribution in [0, 0.1) is 0 Å². The first-order valence-corrected chi connectivity index (χ1v) is 4.01. The Hall–Kier alpha value is -1.10. The summed E-state index contributed by atoms with van der Waals surface area (Å²) in [6.07, 6.45) is 0.457. The van der Waals surface area contributed by atoms with Gasteiger partial charge in [-0.25, -0.2) is 4.79 Å². The van der Waals surface area contributed by atoms with E-state index >= 15 is 0 Å². The molecule has 0 aromatic carbocycles. The lowest BCUT2D eigenvalue weighted by Gasteiger charge is -2.28. The highest BCUT2D eigenvalue weighted by molar-refractivity contribution is 5.97. The zero-order valence-electron chi connectivity index (χ0n) is 7.04. The molecule has 1 rings (SSSR count). The molecule has 68 valence electrons. The molecule has 5 nitrogen and oxygen atoms in total. The highest BCUT2D eigenvalue weighted by Crippen LogP contribution is 2.04. The van der Waals surface area contributed by atoms with Crippen LogP contribution in [-0.4, -0.2) is 29.5 Å². The lowest BCUT2D eigenvalue weighted by atomic mass is 10.2. The van der Waals surface area contributed by atoms with E-state index in [0.717, 1.165) is 6.42 Å². The van der Waals surface area contributed by atoms with Crippen LogP contribution in [0.25, 0.3) is 0 Å². The molecule has 5 heteroatoms. The van der Waals surface area contributed by atoms with Gasteiger partial charge in [-0.15, -0.1) is 0 Å². The molecule has 1 atom stereocenters. The summed E-state index contributed by atoms with van der Waals surface area (Å²) >= 11 is 0. The number of carbonyl (C=O) groups excluding carboxylic acids is 2. The molecule has 1 fully saturated rings. The largest absolute Gasteiger partial charge is 0.325 e. The van der Waals surface area contributed by atoms with E-state index in [1.807, 2.05) is 6.92 Å². The summed E-state index contributed by atoms with van der Waals surface area (Å²) in [6.45, 7) is 2.38. The summed E-state index contributed by atoms with van der Waals surface area (Å²) in [5.41, 5.74) is 5.39. The molecule has 0 aromatic heterocycles. The Kier molecular flexibility index (Phi) is 2.65. The maximum Gasteiger partial charge on any atom is 0.325 e. The van der Waals surface area contributed by atoms with E-state index in [2.05, 4.69) is 5.32 Å². The van der Waals surface area contributed by atoms with E-state index in [1.54, 1.807) is 0 Å². The van der Waals surface area contributed by atoms with Gasteiger partial charge >= 0.3 is 6.03 Å². The molecule has 0 saturated carbocycles. The van der Waals surface area contributed by atoms with Crippen LogP contribution in [0.4, 0.5) is 4.79 Å². The molecule has 12 heavy (non-hydrogen) atoms. The van der Waals surface area contributed by atoms with E-state index in [9.17, 15) is 9.59 Å². The van der Waals surface area contributed by atoms with Crippen molar-refractivity contribution in [2.75, 3.05) is 6.54 Å². The highest BCUT2D eigenvalue weighted by atomic mass is 16.2. The van der Waals surface area contributed by atoms with Gasteiger partial charge in [0.1, 0.15) is 0 Å². The van der Waals surface area contributed by atoms with Gasteiger partial charge in [-0.2, -0.15) is 0 Å². The number of hydrogen-bond acceptors (Lipinski definition) is 3. The summed E-state index contributed by atoms with van der Waals surface area (Å²) in [5, 5.41) is 2.49. The maximum absolute atomic E-state index is 11.2. The first-order chi connectivity index (χ1) is 5.65. The van der Waals surface area contributed by atoms with Gasteiger partial charge in [-0.05, 0) is 6.42 Å². The second kappa shape index (κ2) is 3.53. The van der Waals surface area contributed by atoms with E-state index in [4.69, 9.17) is 5.73 Å². The lowest BCUT2D eigenvalue weighted by Crippen LogP contribution is -2.57. The van der Waals surface area contributed by atoms with Gasteiger partial charge < -0.3 is 11.1 Å². The standard InChI is InChI=1S/C7H13N3O2/c1-2-3-10-6(11)4-5(8)9-7(10)12/h5H,2-4,8H2,1H3,(H,9,12).